The summed E-state index contributed by atoms with van der Waals surface area (Å²) in [5, 5.41) is 10.5. The number of hydrogen-bond donors (Lipinski definition) is 1. The molecule has 0 radical (unpaired) electrons. The van der Waals surface area contributed by atoms with E-state index in [4.69, 9.17) is 0 Å². The Labute approximate surface area is 186 Å². The zero-order chi connectivity index (χ0) is 21.8. The van der Waals surface area contributed by atoms with Gasteiger partial charge in [0.05, 0.1) is 6.10 Å². The summed E-state index contributed by atoms with van der Waals surface area (Å²) in [5.41, 5.74) is 4.22. The Kier molecular flexibility index (Phi) is 6.10. The van der Waals surface area contributed by atoms with Crippen molar-refractivity contribution in [3.8, 4) is 0 Å². The lowest BCUT2D eigenvalue weighted by Gasteiger charge is -2.59. The van der Waals surface area contributed by atoms with Gasteiger partial charge in [0, 0.05) is 0 Å². The van der Waals surface area contributed by atoms with Crippen LogP contribution in [0.25, 0.3) is 0 Å². The first-order valence-electron chi connectivity index (χ1n) is 13.1. The van der Waals surface area contributed by atoms with Gasteiger partial charge < -0.3 is 5.11 Å². The minimum atomic E-state index is -0.0795. The second-order valence-electron chi connectivity index (χ2n) is 12.7. The van der Waals surface area contributed by atoms with Crippen LogP contribution in [0.2, 0.25) is 0 Å². The minimum absolute atomic E-state index is 0.0795. The van der Waals surface area contributed by atoms with E-state index in [1.54, 1.807) is 0 Å². The molecular weight excluding hydrogens is 364 g/mol. The molecule has 4 aliphatic carbocycles. The van der Waals surface area contributed by atoms with Crippen molar-refractivity contribution in [1.82, 2.24) is 0 Å². The summed E-state index contributed by atoms with van der Waals surface area (Å²) < 4.78 is 0. The fraction of sp³-hybridized carbons (Fsp3) is 0.862. The Morgan fingerprint density at radius 3 is 2.43 bits per heavy atom. The number of rotatable bonds is 5. The molecule has 0 aliphatic heterocycles. The highest BCUT2D eigenvalue weighted by atomic mass is 16.3. The molecule has 4 rings (SSSR count). The molecule has 1 N–H and O–H groups in total. The van der Waals surface area contributed by atoms with E-state index in [1.165, 1.54) is 56.9 Å². The Bertz CT molecular complexity index is 688. The summed E-state index contributed by atoms with van der Waals surface area (Å²) >= 11 is 0. The van der Waals surface area contributed by atoms with Crippen molar-refractivity contribution in [3.63, 3.8) is 0 Å². The van der Waals surface area contributed by atoms with E-state index in [0.29, 0.717) is 28.6 Å². The van der Waals surface area contributed by atoms with E-state index in [9.17, 15) is 5.11 Å². The van der Waals surface area contributed by atoms with E-state index in [-0.39, 0.29) is 6.10 Å². The second kappa shape index (κ2) is 8.09. The van der Waals surface area contributed by atoms with E-state index in [2.05, 4.69) is 54.2 Å². The highest BCUT2D eigenvalue weighted by molar-refractivity contribution is 5.28. The van der Waals surface area contributed by atoms with Crippen molar-refractivity contribution >= 4 is 0 Å². The third kappa shape index (κ3) is 3.46. The van der Waals surface area contributed by atoms with Crippen LogP contribution in [0.4, 0.5) is 0 Å². The molecule has 3 fully saturated rings. The topological polar surface area (TPSA) is 20.2 Å². The average Bonchev–Trinajstić information content (AvgIpc) is 3.06. The minimum Gasteiger partial charge on any atom is -0.393 e. The average molecular weight is 413 g/mol. The highest BCUT2D eigenvalue weighted by Gasteiger charge is 2.59. The van der Waals surface area contributed by atoms with Gasteiger partial charge in [-0.2, -0.15) is 0 Å². The number of allylic oxidation sites excluding steroid dienone is 3. The maximum Gasteiger partial charge on any atom is 0.0568 e. The molecule has 0 bridgehead atoms. The van der Waals surface area contributed by atoms with Gasteiger partial charge in [-0.15, -0.1) is 0 Å². The Morgan fingerprint density at radius 1 is 1.07 bits per heavy atom. The van der Waals surface area contributed by atoms with Crippen molar-refractivity contribution in [2.45, 2.75) is 105 Å². The Balaban J connectivity index is 1.52. The quantitative estimate of drug-likeness (QED) is 0.457. The highest BCUT2D eigenvalue weighted by Crippen LogP contribution is 2.67. The lowest BCUT2D eigenvalue weighted by atomic mass is 9.46. The summed E-state index contributed by atoms with van der Waals surface area (Å²) in [5.74, 6) is 5.04. The van der Waals surface area contributed by atoms with Crippen molar-refractivity contribution in [3.05, 3.63) is 23.8 Å². The molecule has 1 heteroatoms. The van der Waals surface area contributed by atoms with Crippen LogP contribution in [0.1, 0.15) is 99.3 Å². The van der Waals surface area contributed by atoms with Crippen molar-refractivity contribution in [1.29, 1.82) is 0 Å². The monoisotopic (exact) mass is 412 g/mol. The van der Waals surface area contributed by atoms with E-state index < -0.39 is 0 Å². The standard InChI is InChI=1S/C29H48O/c1-18(2)19(3)8-9-20(4)23-12-13-25-22-10-11-24-21(5)27(30)15-17-29(24,7)26(22)14-16-28(23,25)6/h10,18,20-21,23-27,30H,3,8-9,11-17H2,1-2,4-7H3/t20-,21-,23+,24?,25-,26-,27-,28+,29-/m0/s1. The van der Waals surface area contributed by atoms with Crippen LogP contribution < -0.4 is 0 Å². The molecule has 4 aliphatic rings. The van der Waals surface area contributed by atoms with Gasteiger partial charge in [-0.3, -0.25) is 0 Å². The molecule has 0 amide bonds. The summed E-state index contributed by atoms with van der Waals surface area (Å²) in [6.45, 7) is 19.0. The summed E-state index contributed by atoms with van der Waals surface area (Å²) in [4.78, 5) is 0. The van der Waals surface area contributed by atoms with Crippen LogP contribution in [-0.2, 0) is 0 Å². The molecule has 9 atom stereocenters. The molecule has 30 heavy (non-hydrogen) atoms. The molecule has 0 spiro atoms. The van der Waals surface area contributed by atoms with Gasteiger partial charge in [0.1, 0.15) is 0 Å². The van der Waals surface area contributed by atoms with E-state index in [0.717, 1.165) is 30.1 Å². The third-order valence-electron chi connectivity index (χ3n) is 11.1. The number of hydrogen-bond acceptors (Lipinski definition) is 1. The van der Waals surface area contributed by atoms with Crippen molar-refractivity contribution in [2.24, 2.45) is 52.3 Å². The predicted octanol–water partition coefficient (Wildman–Crippen LogP) is 7.80. The molecular formula is C29H48O. The van der Waals surface area contributed by atoms with Crippen molar-refractivity contribution in [2.75, 3.05) is 0 Å². The predicted molar refractivity (Wildman–Crippen MR) is 128 cm³/mol. The first-order valence-corrected chi connectivity index (χ1v) is 13.1. The lowest BCUT2D eigenvalue weighted by molar-refractivity contribution is -0.0773. The van der Waals surface area contributed by atoms with Crippen LogP contribution in [0.5, 0.6) is 0 Å². The maximum atomic E-state index is 10.5. The summed E-state index contributed by atoms with van der Waals surface area (Å²) in [6.07, 6.45) is 14.2. The normalized spacial score (nSPS) is 46.6. The van der Waals surface area contributed by atoms with Crippen LogP contribution >= 0.6 is 0 Å². The van der Waals surface area contributed by atoms with Gasteiger partial charge in [-0.1, -0.05) is 65.3 Å². The van der Waals surface area contributed by atoms with Crippen LogP contribution in [0.3, 0.4) is 0 Å². The molecule has 0 heterocycles. The van der Waals surface area contributed by atoms with Crippen molar-refractivity contribution < 1.29 is 5.11 Å². The van der Waals surface area contributed by atoms with Crippen LogP contribution in [-0.4, -0.2) is 11.2 Å². The molecule has 0 saturated heterocycles. The Hall–Kier alpha value is -0.560. The lowest BCUT2D eigenvalue weighted by Crippen LogP contribution is -2.52. The molecule has 170 valence electrons. The van der Waals surface area contributed by atoms with Gasteiger partial charge in [0.2, 0.25) is 0 Å². The number of aliphatic hydroxyl groups excluding tert-OH is 1. The number of fused-ring (bicyclic) bond motifs is 5. The molecule has 1 nitrogen and oxygen atoms in total. The van der Waals surface area contributed by atoms with Crippen LogP contribution in [0, 0.1) is 52.3 Å². The molecule has 3 saturated carbocycles. The first-order chi connectivity index (χ1) is 14.1. The maximum absolute atomic E-state index is 10.5. The first kappa shape index (κ1) is 22.6. The van der Waals surface area contributed by atoms with E-state index >= 15 is 0 Å². The fourth-order valence-corrected chi connectivity index (χ4v) is 8.82. The van der Waals surface area contributed by atoms with Gasteiger partial charge in [-0.25, -0.2) is 0 Å². The zero-order valence-corrected chi connectivity index (χ0v) is 20.7. The molecule has 0 aromatic heterocycles. The largest absolute Gasteiger partial charge is 0.393 e. The summed E-state index contributed by atoms with van der Waals surface area (Å²) in [7, 11) is 0. The zero-order valence-electron chi connectivity index (χ0n) is 20.7. The second-order valence-corrected chi connectivity index (χ2v) is 12.7. The molecule has 1 unspecified atom stereocenters. The molecule has 0 aromatic carbocycles. The SMILES string of the molecule is C=C(CC[C@H](C)[C@H]1CC[C@H]2C3=CCC4[C@H](C)[C@@H](O)CC[C@]4(C)[C@H]3CC[C@]12C)C(C)C. The molecule has 0 aromatic rings. The smallest absolute Gasteiger partial charge is 0.0568 e. The fourth-order valence-electron chi connectivity index (χ4n) is 8.82. The summed E-state index contributed by atoms with van der Waals surface area (Å²) in [6, 6.07) is 0. The third-order valence-corrected chi connectivity index (χ3v) is 11.1. The van der Waals surface area contributed by atoms with Gasteiger partial charge in [-0.05, 0) is 110 Å². The van der Waals surface area contributed by atoms with Gasteiger partial charge >= 0.3 is 0 Å². The Morgan fingerprint density at radius 2 is 1.73 bits per heavy atom. The van der Waals surface area contributed by atoms with Gasteiger partial charge in [0.15, 0.2) is 0 Å². The number of aliphatic hydroxyl groups is 1. The van der Waals surface area contributed by atoms with Crippen LogP contribution in [0.15, 0.2) is 23.8 Å². The van der Waals surface area contributed by atoms with E-state index in [1.807, 2.05) is 5.57 Å². The van der Waals surface area contributed by atoms with Gasteiger partial charge in [0.25, 0.3) is 0 Å².